The lowest BCUT2D eigenvalue weighted by Crippen LogP contribution is -2.17. The minimum atomic E-state index is -0.993. The first kappa shape index (κ1) is 31.2. The summed E-state index contributed by atoms with van der Waals surface area (Å²) in [6.45, 7) is 2.04. The SMILES string of the molecule is CN1CCCC1c1cncc(-c2ccc(OC(=O)/C=C/C(=O)Oc3ccc(-c4cncc(C5CCCN5C)c4)cc3F)c(F)c2)c1. The molecule has 2 aromatic heterocycles. The van der Waals surface area contributed by atoms with Crippen LogP contribution in [-0.4, -0.2) is 58.9 Å². The Morgan fingerprint density at radius 2 is 1.11 bits per heavy atom. The summed E-state index contributed by atoms with van der Waals surface area (Å²) in [4.78, 5) is 37.9. The zero-order valence-electron chi connectivity index (χ0n) is 25.7. The summed E-state index contributed by atoms with van der Waals surface area (Å²) in [6, 6.07) is 13.0. The minimum absolute atomic E-state index is 0.274. The number of hydrogen-bond donors (Lipinski definition) is 0. The molecular formula is C36H34F2N4O4. The number of aromatic nitrogens is 2. The van der Waals surface area contributed by atoms with E-state index in [4.69, 9.17) is 9.47 Å². The van der Waals surface area contributed by atoms with Crippen molar-refractivity contribution in [1.29, 1.82) is 0 Å². The van der Waals surface area contributed by atoms with Crippen molar-refractivity contribution in [1.82, 2.24) is 19.8 Å². The minimum Gasteiger partial charge on any atom is -0.420 e. The van der Waals surface area contributed by atoms with Crippen LogP contribution in [0.4, 0.5) is 8.78 Å². The van der Waals surface area contributed by atoms with Crippen molar-refractivity contribution in [2.75, 3.05) is 27.2 Å². The number of carbonyl (C=O) groups is 2. The number of benzene rings is 2. The second-order valence-corrected chi connectivity index (χ2v) is 11.8. The summed E-state index contributed by atoms with van der Waals surface area (Å²) in [5, 5.41) is 0. The molecule has 4 aromatic rings. The van der Waals surface area contributed by atoms with Crippen molar-refractivity contribution >= 4 is 11.9 Å². The van der Waals surface area contributed by atoms with Crippen LogP contribution in [0.25, 0.3) is 22.3 Å². The van der Waals surface area contributed by atoms with Gasteiger partial charge < -0.3 is 9.47 Å². The highest BCUT2D eigenvalue weighted by Gasteiger charge is 2.24. The Morgan fingerprint density at radius 1 is 0.674 bits per heavy atom. The van der Waals surface area contributed by atoms with Crippen LogP contribution in [0, 0.1) is 11.6 Å². The number of ether oxygens (including phenoxy) is 2. The lowest BCUT2D eigenvalue weighted by molar-refractivity contribution is -0.131. The van der Waals surface area contributed by atoms with E-state index in [-0.39, 0.29) is 23.6 Å². The fourth-order valence-electron chi connectivity index (χ4n) is 6.21. The number of likely N-dealkylation sites (tertiary alicyclic amines) is 2. The second kappa shape index (κ2) is 13.7. The molecule has 2 fully saturated rings. The van der Waals surface area contributed by atoms with Gasteiger partial charge in [-0.1, -0.05) is 12.1 Å². The molecule has 0 N–H and O–H groups in total. The molecule has 2 aliphatic rings. The molecule has 2 unspecified atom stereocenters. The van der Waals surface area contributed by atoms with E-state index in [0.717, 1.165) is 73.2 Å². The quantitative estimate of drug-likeness (QED) is 0.122. The molecule has 2 aromatic carbocycles. The predicted molar refractivity (Wildman–Crippen MR) is 169 cm³/mol. The van der Waals surface area contributed by atoms with Gasteiger partial charge in [0, 0.05) is 60.1 Å². The molecule has 46 heavy (non-hydrogen) atoms. The highest BCUT2D eigenvalue weighted by atomic mass is 19.1. The van der Waals surface area contributed by atoms with Gasteiger partial charge >= 0.3 is 11.9 Å². The van der Waals surface area contributed by atoms with Crippen LogP contribution in [0.2, 0.25) is 0 Å². The molecule has 10 heteroatoms. The molecule has 236 valence electrons. The Kier molecular flexibility index (Phi) is 9.28. The van der Waals surface area contributed by atoms with E-state index < -0.39 is 23.6 Å². The molecule has 2 aliphatic heterocycles. The van der Waals surface area contributed by atoms with Gasteiger partial charge in [-0.25, -0.2) is 18.4 Å². The van der Waals surface area contributed by atoms with E-state index in [1.807, 2.05) is 24.5 Å². The predicted octanol–water partition coefficient (Wildman–Crippen LogP) is 6.69. The van der Waals surface area contributed by atoms with Crippen molar-refractivity contribution in [3.8, 4) is 33.8 Å². The lowest BCUT2D eigenvalue weighted by Gasteiger charge is -2.20. The van der Waals surface area contributed by atoms with Crippen molar-refractivity contribution in [3.05, 3.63) is 108 Å². The molecule has 0 aliphatic carbocycles. The molecule has 0 radical (unpaired) electrons. The fourth-order valence-corrected chi connectivity index (χ4v) is 6.21. The van der Waals surface area contributed by atoms with Crippen LogP contribution >= 0.6 is 0 Å². The van der Waals surface area contributed by atoms with Gasteiger partial charge in [-0.2, -0.15) is 0 Å². The zero-order valence-corrected chi connectivity index (χ0v) is 25.7. The molecule has 2 atom stereocenters. The van der Waals surface area contributed by atoms with Crippen LogP contribution in [0.5, 0.6) is 11.5 Å². The summed E-state index contributed by atoms with van der Waals surface area (Å²) in [6.07, 6.45) is 12.9. The molecule has 0 saturated carbocycles. The number of rotatable bonds is 8. The average molecular weight is 625 g/mol. The zero-order chi connectivity index (χ0) is 32.2. The first-order valence-electron chi connectivity index (χ1n) is 15.3. The third-order valence-corrected chi connectivity index (χ3v) is 8.64. The summed E-state index contributed by atoms with van der Waals surface area (Å²) in [7, 11) is 4.15. The van der Waals surface area contributed by atoms with E-state index in [2.05, 4.69) is 33.9 Å². The number of nitrogens with zero attached hydrogens (tertiary/aromatic N) is 4. The van der Waals surface area contributed by atoms with E-state index in [1.165, 1.54) is 24.3 Å². The van der Waals surface area contributed by atoms with Crippen LogP contribution in [0.3, 0.4) is 0 Å². The van der Waals surface area contributed by atoms with Gasteiger partial charge in [0.15, 0.2) is 23.1 Å². The van der Waals surface area contributed by atoms with Gasteiger partial charge in [-0.05, 0) is 112 Å². The van der Waals surface area contributed by atoms with Crippen molar-refractivity contribution in [2.45, 2.75) is 37.8 Å². The smallest absolute Gasteiger partial charge is 0.336 e. The Bertz CT molecular complexity index is 1670. The van der Waals surface area contributed by atoms with Gasteiger partial charge in [0.25, 0.3) is 0 Å². The first-order valence-corrected chi connectivity index (χ1v) is 15.3. The third kappa shape index (κ3) is 7.03. The van der Waals surface area contributed by atoms with Crippen molar-refractivity contribution in [3.63, 3.8) is 0 Å². The van der Waals surface area contributed by atoms with Gasteiger partial charge in [-0.15, -0.1) is 0 Å². The lowest BCUT2D eigenvalue weighted by atomic mass is 10.0. The molecule has 8 nitrogen and oxygen atoms in total. The van der Waals surface area contributed by atoms with E-state index >= 15 is 0 Å². The molecule has 6 rings (SSSR count). The molecule has 2 saturated heterocycles. The molecule has 0 spiro atoms. The normalized spacial score (nSPS) is 18.7. The monoisotopic (exact) mass is 624 g/mol. The number of hydrogen-bond acceptors (Lipinski definition) is 8. The van der Waals surface area contributed by atoms with Crippen molar-refractivity contribution < 1.29 is 27.8 Å². The van der Waals surface area contributed by atoms with Gasteiger partial charge in [-0.3, -0.25) is 19.8 Å². The van der Waals surface area contributed by atoms with Gasteiger partial charge in [0.1, 0.15) is 0 Å². The Hall–Kier alpha value is -4.80. The largest absolute Gasteiger partial charge is 0.420 e. The first-order chi connectivity index (χ1) is 22.2. The summed E-state index contributed by atoms with van der Waals surface area (Å²) in [5.41, 5.74) is 4.81. The second-order valence-electron chi connectivity index (χ2n) is 11.8. The molecule has 0 bridgehead atoms. The van der Waals surface area contributed by atoms with Gasteiger partial charge in [0.05, 0.1) is 0 Å². The molecular weight excluding hydrogens is 590 g/mol. The highest BCUT2D eigenvalue weighted by molar-refractivity contribution is 5.93. The van der Waals surface area contributed by atoms with E-state index in [9.17, 15) is 18.4 Å². The molecule has 4 heterocycles. The Balaban J connectivity index is 1.06. The van der Waals surface area contributed by atoms with Crippen LogP contribution < -0.4 is 9.47 Å². The van der Waals surface area contributed by atoms with E-state index in [1.54, 1.807) is 24.5 Å². The Morgan fingerprint density at radius 3 is 1.48 bits per heavy atom. The van der Waals surface area contributed by atoms with Crippen molar-refractivity contribution in [2.24, 2.45) is 0 Å². The average Bonchev–Trinajstić information content (AvgIpc) is 3.69. The fraction of sp³-hybridized carbons (Fsp3) is 0.278. The van der Waals surface area contributed by atoms with E-state index in [0.29, 0.717) is 11.1 Å². The maximum atomic E-state index is 14.9. The molecule has 0 amide bonds. The topological polar surface area (TPSA) is 84.9 Å². The van der Waals surface area contributed by atoms with Crippen LogP contribution in [0.1, 0.15) is 48.9 Å². The number of pyridine rings is 2. The number of esters is 2. The van der Waals surface area contributed by atoms with Crippen LogP contribution in [0.15, 0.2) is 85.5 Å². The Labute approximate surface area is 266 Å². The van der Waals surface area contributed by atoms with Crippen LogP contribution in [-0.2, 0) is 9.59 Å². The third-order valence-electron chi connectivity index (χ3n) is 8.64. The standard InChI is InChI=1S/C36H34F2N4O4/c1-41-13-3-5-31(41)27-15-25(19-39-21-27)23-7-9-33(29(37)17-23)45-35(43)11-12-36(44)46-34-10-8-24(18-30(34)38)26-16-28(22-40-20-26)32-6-4-14-42(32)2/h7-12,15-22,31-32H,3-6,13-14H2,1-2H3/b12-11+. The maximum Gasteiger partial charge on any atom is 0.336 e. The summed E-state index contributed by atoms with van der Waals surface area (Å²) < 4.78 is 40.0. The number of halogens is 2. The van der Waals surface area contributed by atoms with Gasteiger partial charge in [0.2, 0.25) is 0 Å². The summed E-state index contributed by atoms with van der Waals surface area (Å²) >= 11 is 0. The highest BCUT2D eigenvalue weighted by Crippen LogP contribution is 2.34. The maximum absolute atomic E-state index is 14.9. The number of carbonyl (C=O) groups excluding carboxylic acids is 2. The summed E-state index contributed by atoms with van der Waals surface area (Å²) in [5.74, 6) is -4.08.